The normalized spacial score (nSPS) is 9.94. The molecule has 0 bridgehead atoms. The predicted molar refractivity (Wildman–Crippen MR) is 65.8 cm³/mol. The van der Waals surface area contributed by atoms with Crippen LogP contribution in [0, 0.1) is 0 Å². The van der Waals surface area contributed by atoms with Crippen molar-refractivity contribution in [2.45, 2.75) is 0 Å². The van der Waals surface area contributed by atoms with E-state index in [4.69, 9.17) is 17.3 Å². The van der Waals surface area contributed by atoms with Crippen LogP contribution in [0.5, 0.6) is 0 Å². The number of carbonyl (C=O) groups excluding carboxylic acids is 1. The van der Waals surface area contributed by atoms with E-state index in [0.717, 1.165) is 0 Å². The quantitative estimate of drug-likeness (QED) is 0.796. The van der Waals surface area contributed by atoms with E-state index in [9.17, 15) is 4.79 Å². The molecule has 0 spiro atoms. The number of nitrogens with one attached hydrogen (secondary N) is 1. The summed E-state index contributed by atoms with van der Waals surface area (Å²) in [5.74, 6) is 0.0693. The van der Waals surface area contributed by atoms with Crippen molar-refractivity contribution in [1.29, 1.82) is 0 Å². The Morgan fingerprint density at radius 1 is 1.35 bits per heavy atom. The topological polar surface area (TPSA) is 80.9 Å². The molecule has 17 heavy (non-hydrogen) atoms. The molecule has 0 aliphatic heterocycles. The highest BCUT2D eigenvalue weighted by molar-refractivity contribution is 6.33. The molecule has 86 valence electrons. The summed E-state index contributed by atoms with van der Waals surface area (Å²) in [5.41, 5.74) is 6.39. The number of nitrogen functional groups attached to an aromatic ring is 1. The van der Waals surface area contributed by atoms with Crippen LogP contribution < -0.4 is 11.1 Å². The van der Waals surface area contributed by atoms with Gasteiger partial charge < -0.3 is 11.1 Å². The van der Waals surface area contributed by atoms with E-state index in [-0.39, 0.29) is 5.91 Å². The summed E-state index contributed by atoms with van der Waals surface area (Å²) in [6.07, 6.45) is 4.47. The molecule has 3 N–H and O–H groups in total. The number of nitrogens with zero attached hydrogens (tertiary/aromatic N) is 2. The summed E-state index contributed by atoms with van der Waals surface area (Å²) >= 11 is 5.77. The molecular formula is C11H9ClN4O. The Kier molecular flexibility index (Phi) is 3.20. The number of benzene rings is 1. The lowest BCUT2D eigenvalue weighted by atomic mass is 10.2. The second kappa shape index (κ2) is 4.80. The molecule has 0 saturated carbocycles. The van der Waals surface area contributed by atoms with Gasteiger partial charge in [-0.05, 0) is 18.2 Å². The minimum atomic E-state index is -0.311. The summed E-state index contributed by atoms with van der Waals surface area (Å²) in [4.78, 5) is 19.6. The largest absolute Gasteiger partial charge is 0.398 e. The van der Waals surface area contributed by atoms with Crippen molar-refractivity contribution in [1.82, 2.24) is 9.97 Å². The molecule has 1 aromatic heterocycles. The number of amides is 1. The lowest BCUT2D eigenvalue weighted by molar-refractivity contribution is 0.102. The van der Waals surface area contributed by atoms with E-state index in [2.05, 4.69) is 15.3 Å². The van der Waals surface area contributed by atoms with Gasteiger partial charge in [-0.15, -0.1) is 0 Å². The summed E-state index contributed by atoms with van der Waals surface area (Å²) in [7, 11) is 0. The summed E-state index contributed by atoms with van der Waals surface area (Å²) in [6, 6.07) is 4.67. The Bertz CT molecular complexity index is 544. The van der Waals surface area contributed by atoms with E-state index in [1.54, 1.807) is 12.1 Å². The maximum Gasteiger partial charge on any atom is 0.256 e. The Hall–Kier alpha value is -2.14. The molecule has 0 saturated heterocycles. The number of aromatic nitrogens is 2. The van der Waals surface area contributed by atoms with Gasteiger partial charge in [0.05, 0.1) is 16.9 Å². The fourth-order valence-electron chi connectivity index (χ4n) is 1.24. The average molecular weight is 249 g/mol. The number of nitrogens with two attached hydrogens (primary N) is 1. The lowest BCUT2D eigenvalue weighted by Crippen LogP contribution is -2.13. The molecule has 0 aliphatic carbocycles. The number of halogens is 1. The molecule has 0 aliphatic rings. The van der Waals surface area contributed by atoms with Gasteiger partial charge in [0.15, 0.2) is 5.82 Å². The fraction of sp³-hybridized carbons (Fsp3) is 0. The molecule has 1 aromatic carbocycles. The van der Waals surface area contributed by atoms with Crippen LogP contribution >= 0.6 is 11.6 Å². The Morgan fingerprint density at radius 2 is 2.18 bits per heavy atom. The van der Waals surface area contributed by atoms with Crippen LogP contribution in [0.2, 0.25) is 5.02 Å². The van der Waals surface area contributed by atoms with Gasteiger partial charge >= 0.3 is 0 Å². The van der Waals surface area contributed by atoms with Gasteiger partial charge in [0.2, 0.25) is 0 Å². The number of hydrogen-bond donors (Lipinski definition) is 2. The maximum atomic E-state index is 11.8. The zero-order chi connectivity index (χ0) is 12.3. The molecule has 2 rings (SSSR count). The van der Waals surface area contributed by atoms with E-state index < -0.39 is 0 Å². The summed E-state index contributed by atoms with van der Waals surface area (Å²) in [5, 5.41) is 3.01. The SMILES string of the molecule is Nc1cc(C(=O)Nc2cnccn2)ccc1Cl. The third-order valence-electron chi connectivity index (χ3n) is 2.06. The highest BCUT2D eigenvalue weighted by atomic mass is 35.5. The minimum absolute atomic E-state index is 0.311. The highest BCUT2D eigenvalue weighted by Crippen LogP contribution is 2.19. The zero-order valence-corrected chi connectivity index (χ0v) is 9.48. The van der Waals surface area contributed by atoms with Gasteiger partial charge in [0, 0.05) is 18.0 Å². The fourth-order valence-corrected chi connectivity index (χ4v) is 1.35. The second-order valence-corrected chi connectivity index (χ2v) is 3.69. The highest BCUT2D eigenvalue weighted by Gasteiger charge is 2.08. The molecular weight excluding hydrogens is 240 g/mol. The standard InChI is InChI=1S/C11H9ClN4O/c12-8-2-1-7(5-9(8)13)11(17)16-10-6-14-3-4-15-10/h1-6H,13H2,(H,15,16,17). The molecule has 0 unspecified atom stereocenters. The average Bonchev–Trinajstić information content (AvgIpc) is 2.34. The molecule has 2 aromatic rings. The van der Waals surface area contributed by atoms with Crippen LogP contribution in [0.1, 0.15) is 10.4 Å². The smallest absolute Gasteiger partial charge is 0.256 e. The first-order chi connectivity index (χ1) is 8.16. The summed E-state index contributed by atoms with van der Waals surface area (Å²) < 4.78 is 0. The molecule has 0 radical (unpaired) electrons. The van der Waals surface area contributed by atoms with Crippen molar-refractivity contribution >= 4 is 29.0 Å². The Balaban J connectivity index is 2.18. The minimum Gasteiger partial charge on any atom is -0.398 e. The molecule has 0 fully saturated rings. The van der Waals surface area contributed by atoms with Crippen molar-refractivity contribution in [3.63, 3.8) is 0 Å². The number of hydrogen-bond acceptors (Lipinski definition) is 4. The predicted octanol–water partition coefficient (Wildman–Crippen LogP) is 1.96. The monoisotopic (exact) mass is 248 g/mol. The van der Waals surface area contributed by atoms with E-state index >= 15 is 0 Å². The van der Waals surface area contributed by atoms with E-state index in [1.165, 1.54) is 24.7 Å². The van der Waals surface area contributed by atoms with Gasteiger partial charge in [-0.1, -0.05) is 11.6 Å². The number of anilines is 2. The van der Waals surface area contributed by atoms with E-state index in [1.807, 2.05) is 0 Å². The van der Waals surface area contributed by atoms with Crippen LogP contribution in [0.4, 0.5) is 11.5 Å². The van der Waals surface area contributed by atoms with Crippen molar-refractivity contribution < 1.29 is 4.79 Å². The molecule has 5 nitrogen and oxygen atoms in total. The third kappa shape index (κ3) is 2.70. The van der Waals surface area contributed by atoms with Crippen molar-refractivity contribution in [3.05, 3.63) is 47.4 Å². The zero-order valence-electron chi connectivity index (χ0n) is 8.72. The summed E-state index contributed by atoms with van der Waals surface area (Å²) in [6.45, 7) is 0. The van der Waals surface area contributed by atoms with Crippen molar-refractivity contribution in [2.24, 2.45) is 0 Å². The number of carbonyl (C=O) groups is 1. The first-order valence-corrected chi connectivity index (χ1v) is 5.17. The number of rotatable bonds is 2. The van der Waals surface area contributed by atoms with Gasteiger partial charge in [0.25, 0.3) is 5.91 Å². The molecule has 1 amide bonds. The van der Waals surface area contributed by atoms with E-state index in [0.29, 0.717) is 22.1 Å². The van der Waals surface area contributed by atoms with Gasteiger partial charge in [0.1, 0.15) is 0 Å². The first kappa shape index (κ1) is 11.3. The third-order valence-corrected chi connectivity index (χ3v) is 2.41. The Labute approximate surface area is 103 Å². The Morgan fingerprint density at radius 3 is 2.82 bits per heavy atom. The molecule has 6 heteroatoms. The van der Waals surface area contributed by atoms with Gasteiger partial charge in [-0.25, -0.2) is 4.98 Å². The van der Waals surface area contributed by atoms with Crippen LogP contribution in [0.3, 0.4) is 0 Å². The van der Waals surface area contributed by atoms with Crippen LogP contribution in [-0.2, 0) is 0 Å². The van der Waals surface area contributed by atoms with Gasteiger partial charge in [-0.2, -0.15) is 0 Å². The molecule has 1 heterocycles. The van der Waals surface area contributed by atoms with Gasteiger partial charge in [-0.3, -0.25) is 9.78 Å². The van der Waals surface area contributed by atoms with Crippen LogP contribution in [0.25, 0.3) is 0 Å². The maximum absolute atomic E-state index is 11.8. The van der Waals surface area contributed by atoms with Crippen LogP contribution in [-0.4, -0.2) is 15.9 Å². The first-order valence-electron chi connectivity index (χ1n) is 4.79. The van der Waals surface area contributed by atoms with Crippen molar-refractivity contribution in [2.75, 3.05) is 11.1 Å². The molecule has 0 atom stereocenters. The second-order valence-electron chi connectivity index (χ2n) is 3.28. The lowest BCUT2D eigenvalue weighted by Gasteiger charge is -2.05. The van der Waals surface area contributed by atoms with Crippen LogP contribution in [0.15, 0.2) is 36.8 Å². The van der Waals surface area contributed by atoms with Crippen molar-refractivity contribution in [3.8, 4) is 0 Å².